The molecule has 0 aliphatic carbocycles. The molecule has 0 atom stereocenters. The first-order valence-electron chi connectivity index (χ1n) is 0. The Morgan fingerprint density at radius 1 is 0.500 bits per heavy atom. The standard InChI is InChI=1S/B.3FH.2H2O/h;3*1H;2*1H2/q+3;;;;;/p-3. The molecule has 0 aliphatic rings. The average Bonchev–Trinajstić information content (AvgIpc) is 0. The molecule has 0 amide bonds. The van der Waals surface area contributed by atoms with Gasteiger partial charge in [0.05, 0.1) is 0 Å². The smallest absolute Gasteiger partial charge is 1.00 e. The van der Waals surface area contributed by atoms with Crippen LogP contribution in [0.1, 0.15) is 0 Å². The molecule has 0 aliphatic heterocycles. The van der Waals surface area contributed by atoms with Gasteiger partial charge in [-0.25, -0.2) is 0 Å². The Kier molecular flexibility index (Phi) is 582000. The van der Waals surface area contributed by atoms with Crippen molar-refractivity contribution in [1.82, 2.24) is 0 Å². The molecule has 40 valence electrons. The van der Waals surface area contributed by atoms with Gasteiger partial charge in [0.15, 0.2) is 0 Å². The molecule has 4 N–H and O–H groups in total. The van der Waals surface area contributed by atoms with E-state index in [-0.39, 0.29) is 33.5 Å². The topological polar surface area (TPSA) is 63.0 Å². The third-order valence-corrected chi connectivity index (χ3v) is 0. The van der Waals surface area contributed by atoms with Crippen LogP contribution in [0.3, 0.4) is 0 Å². The summed E-state index contributed by atoms with van der Waals surface area (Å²) in [5.74, 6) is 0. The molecule has 6 heavy (non-hydrogen) atoms. The summed E-state index contributed by atoms with van der Waals surface area (Å²) in [6.07, 6.45) is 0. The molecule has 0 saturated heterocycles. The summed E-state index contributed by atoms with van der Waals surface area (Å²) in [4.78, 5) is 0. The van der Waals surface area contributed by atoms with Crippen LogP contribution in [0.25, 0.3) is 0 Å². The first kappa shape index (κ1) is 2600. The Bertz CT molecular complexity index is 8.75. The van der Waals surface area contributed by atoms with Gasteiger partial charge in [0.25, 0.3) is 0 Å². The first-order chi connectivity index (χ1) is 0. The van der Waals surface area contributed by atoms with Crippen LogP contribution in [0.5, 0.6) is 0 Å². The zero-order valence-electron chi connectivity index (χ0n) is 2.71. The Balaban J connectivity index is 0. The second kappa shape index (κ2) is 1340. The minimum Gasteiger partial charge on any atom is -1.00 e. The predicted octanol–water partition coefficient (Wildman–Crippen LogP) is -11.0. The van der Waals surface area contributed by atoms with Crippen molar-refractivity contribution in [2.75, 3.05) is 0 Å². The zero-order valence-corrected chi connectivity index (χ0v) is 2.71. The van der Waals surface area contributed by atoms with Gasteiger partial charge in [-0.05, 0) is 0 Å². The van der Waals surface area contributed by atoms with Crippen LogP contribution in [0.4, 0.5) is 0 Å². The van der Waals surface area contributed by atoms with Gasteiger partial charge >= 0.3 is 8.41 Å². The van der Waals surface area contributed by atoms with E-state index in [2.05, 4.69) is 0 Å². The number of hydrogen-bond acceptors (Lipinski definition) is 0. The van der Waals surface area contributed by atoms with Crippen molar-refractivity contribution in [2.45, 2.75) is 0 Å². The van der Waals surface area contributed by atoms with E-state index >= 15 is 0 Å². The molecular weight excluding hydrogens is 99.8 g/mol. The normalized spacial score (nSPS) is 0. The Hall–Kier alpha value is -0.225. The van der Waals surface area contributed by atoms with Crippen molar-refractivity contribution >= 4 is 8.41 Å². The summed E-state index contributed by atoms with van der Waals surface area (Å²) >= 11 is 0. The molecule has 0 heterocycles. The maximum atomic E-state index is 0. The predicted molar refractivity (Wildman–Crippen MR) is 13.0 cm³/mol. The quantitative estimate of drug-likeness (QED) is 0.274. The molecule has 0 bridgehead atoms. The fourth-order valence-electron chi connectivity index (χ4n) is 0. The van der Waals surface area contributed by atoms with E-state index in [1.807, 2.05) is 0 Å². The molecule has 0 aromatic rings. The summed E-state index contributed by atoms with van der Waals surface area (Å²) in [6.45, 7) is 0. The monoisotopic (exact) mass is 104 g/mol. The Morgan fingerprint density at radius 3 is 0.500 bits per heavy atom. The van der Waals surface area contributed by atoms with Crippen molar-refractivity contribution in [3.8, 4) is 0 Å². The van der Waals surface area contributed by atoms with Gasteiger partial charge in [0, 0.05) is 0 Å². The van der Waals surface area contributed by atoms with Crippen LogP contribution in [-0.4, -0.2) is 19.4 Å². The van der Waals surface area contributed by atoms with E-state index in [0.717, 1.165) is 0 Å². The minimum atomic E-state index is 0. The molecular formula is H4BF3O2. The van der Waals surface area contributed by atoms with E-state index < -0.39 is 0 Å². The van der Waals surface area contributed by atoms with Crippen LogP contribution >= 0.6 is 0 Å². The number of hydrogen-bond donors (Lipinski definition) is 0. The minimum absolute atomic E-state index is 0. The third kappa shape index (κ3) is 574. The molecule has 0 unspecified atom stereocenters. The van der Waals surface area contributed by atoms with Crippen molar-refractivity contribution in [3.05, 3.63) is 0 Å². The number of rotatable bonds is 0. The molecule has 0 saturated carbocycles. The molecule has 0 aromatic heterocycles. The maximum Gasteiger partial charge on any atom is 3.00 e. The van der Waals surface area contributed by atoms with Gasteiger partial charge in [0.2, 0.25) is 0 Å². The van der Waals surface area contributed by atoms with E-state index in [1.165, 1.54) is 0 Å². The summed E-state index contributed by atoms with van der Waals surface area (Å²) in [7, 11) is 0. The molecule has 2 nitrogen and oxygen atoms in total. The molecule has 0 radical (unpaired) electrons. The summed E-state index contributed by atoms with van der Waals surface area (Å²) in [6, 6.07) is 0. The van der Waals surface area contributed by atoms with Crippen molar-refractivity contribution in [1.29, 1.82) is 0 Å². The Labute approximate surface area is 34.8 Å². The first-order valence-corrected chi connectivity index (χ1v) is 0. The van der Waals surface area contributed by atoms with Crippen molar-refractivity contribution < 1.29 is 25.1 Å². The van der Waals surface area contributed by atoms with E-state index in [1.54, 1.807) is 0 Å². The zero-order chi connectivity index (χ0) is 0. The van der Waals surface area contributed by atoms with Crippen molar-refractivity contribution in [3.63, 3.8) is 0 Å². The Morgan fingerprint density at radius 2 is 0.500 bits per heavy atom. The van der Waals surface area contributed by atoms with Gasteiger partial charge in [-0.2, -0.15) is 0 Å². The summed E-state index contributed by atoms with van der Waals surface area (Å²) in [5.41, 5.74) is 0. The van der Waals surface area contributed by atoms with Crippen LogP contribution < -0.4 is 14.1 Å². The molecule has 6 heteroatoms. The molecule has 0 aromatic carbocycles. The van der Waals surface area contributed by atoms with Crippen LogP contribution in [0, 0.1) is 0 Å². The SMILES string of the molecule is O.O.[B+3].[F-].[F-].[F-]. The maximum absolute atomic E-state index is 0. The number of halogens is 3. The second-order valence-electron chi connectivity index (χ2n) is 0. The average molecular weight is 104 g/mol. The largest absolute Gasteiger partial charge is 3.00 e. The summed E-state index contributed by atoms with van der Waals surface area (Å²) < 4.78 is 0. The molecule has 0 fully saturated rings. The van der Waals surface area contributed by atoms with Gasteiger partial charge in [-0.1, -0.05) is 0 Å². The van der Waals surface area contributed by atoms with Gasteiger partial charge < -0.3 is 25.1 Å². The molecule has 0 rings (SSSR count). The van der Waals surface area contributed by atoms with Gasteiger partial charge in [0.1, 0.15) is 0 Å². The molecule has 0 spiro atoms. The van der Waals surface area contributed by atoms with Crippen LogP contribution in [0.15, 0.2) is 0 Å². The third-order valence-electron chi connectivity index (χ3n) is 0. The fourth-order valence-corrected chi connectivity index (χ4v) is 0. The fraction of sp³-hybridized carbons (Fsp3) is 0. The van der Waals surface area contributed by atoms with Gasteiger partial charge in [-0.15, -0.1) is 0 Å². The van der Waals surface area contributed by atoms with Crippen LogP contribution in [0.2, 0.25) is 0 Å². The van der Waals surface area contributed by atoms with E-state index in [0.29, 0.717) is 0 Å². The summed E-state index contributed by atoms with van der Waals surface area (Å²) in [5, 5.41) is 0. The van der Waals surface area contributed by atoms with Crippen molar-refractivity contribution in [2.24, 2.45) is 0 Å². The second-order valence-corrected chi connectivity index (χ2v) is 0. The van der Waals surface area contributed by atoms with Crippen LogP contribution in [-0.2, 0) is 0 Å². The van der Waals surface area contributed by atoms with Gasteiger partial charge in [-0.3, -0.25) is 0 Å². The van der Waals surface area contributed by atoms with E-state index in [9.17, 15) is 0 Å². The van der Waals surface area contributed by atoms with E-state index in [4.69, 9.17) is 0 Å².